The Bertz CT molecular complexity index is 576. The fourth-order valence-corrected chi connectivity index (χ4v) is 2.38. The summed E-state index contributed by atoms with van der Waals surface area (Å²) in [5, 5.41) is 9.51. The van der Waals surface area contributed by atoms with Crippen molar-refractivity contribution >= 4 is 5.69 Å². The van der Waals surface area contributed by atoms with Crippen LogP contribution in [0, 0.1) is 5.82 Å². The maximum Gasteiger partial charge on any atom is 0.146 e. The molecule has 0 saturated heterocycles. The van der Waals surface area contributed by atoms with Crippen LogP contribution in [0.3, 0.4) is 0 Å². The molecule has 1 aromatic carbocycles. The van der Waals surface area contributed by atoms with E-state index >= 15 is 0 Å². The number of hydrogen-bond donors (Lipinski definition) is 1. The molecule has 0 spiro atoms. The van der Waals surface area contributed by atoms with Gasteiger partial charge in [0.25, 0.3) is 0 Å². The van der Waals surface area contributed by atoms with Crippen LogP contribution in [0.2, 0.25) is 0 Å². The first-order chi connectivity index (χ1) is 9.65. The minimum atomic E-state index is -0.655. The highest BCUT2D eigenvalue weighted by Crippen LogP contribution is 2.35. The van der Waals surface area contributed by atoms with Gasteiger partial charge in [-0.1, -0.05) is 6.07 Å². The highest BCUT2D eigenvalue weighted by molar-refractivity contribution is 5.51. The van der Waals surface area contributed by atoms with E-state index < -0.39 is 6.10 Å². The van der Waals surface area contributed by atoms with Crippen LogP contribution in [0.4, 0.5) is 10.1 Å². The number of aliphatic hydroxyl groups excluding tert-OH is 1. The Balaban J connectivity index is 1.87. The van der Waals surface area contributed by atoms with Gasteiger partial charge in [-0.05, 0) is 49.6 Å². The third-order valence-electron chi connectivity index (χ3n) is 3.66. The first-order valence-electron chi connectivity index (χ1n) is 6.91. The van der Waals surface area contributed by atoms with Gasteiger partial charge in [0.05, 0.1) is 24.6 Å². The number of benzene rings is 1. The van der Waals surface area contributed by atoms with Crippen molar-refractivity contribution in [2.45, 2.75) is 38.5 Å². The number of nitrogens with zero attached hydrogens (tertiary/aromatic N) is 1. The molecule has 1 fully saturated rings. The average molecular weight is 275 g/mol. The first-order valence-corrected chi connectivity index (χ1v) is 6.91. The van der Waals surface area contributed by atoms with Gasteiger partial charge in [-0.2, -0.15) is 0 Å². The van der Waals surface area contributed by atoms with Crippen LogP contribution in [0.1, 0.15) is 37.2 Å². The minimum Gasteiger partial charge on any atom is -0.467 e. The van der Waals surface area contributed by atoms with Crippen LogP contribution < -0.4 is 4.90 Å². The van der Waals surface area contributed by atoms with Gasteiger partial charge in [-0.25, -0.2) is 4.39 Å². The van der Waals surface area contributed by atoms with Gasteiger partial charge < -0.3 is 14.4 Å². The highest BCUT2D eigenvalue weighted by atomic mass is 19.1. The van der Waals surface area contributed by atoms with Crippen molar-refractivity contribution in [1.29, 1.82) is 0 Å². The Labute approximate surface area is 117 Å². The van der Waals surface area contributed by atoms with E-state index in [1.807, 2.05) is 17.0 Å². The maximum absolute atomic E-state index is 14.3. The van der Waals surface area contributed by atoms with Crippen molar-refractivity contribution in [3.05, 3.63) is 53.7 Å². The van der Waals surface area contributed by atoms with Crippen LogP contribution in [-0.4, -0.2) is 11.1 Å². The molecule has 106 valence electrons. The minimum absolute atomic E-state index is 0.290. The molecule has 1 N–H and O–H groups in total. The summed E-state index contributed by atoms with van der Waals surface area (Å²) >= 11 is 0. The number of halogens is 1. The van der Waals surface area contributed by atoms with Gasteiger partial charge in [-0.3, -0.25) is 0 Å². The fourth-order valence-electron chi connectivity index (χ4n) is 2.38. The molecule has 20 heavy (non-hydrogen) atoms. The summed E-state index contributed by atoms with van der Waals surface area (Å²) in [5.74, 6) is 0.540. The predicted octanol–water partition coefficient (Wildman–Crippen LogP) is 3.64. The molecule has 0 radical (unpaired) electrons. The predicted molar refractivity (Wildman–Crippen MR) is 74.9 cm³/mol. The van der Waals surface area contributed by atoms with Crippen molar-refractivity contribution in [3.63, 3.8) is 0 Å². The standard InChI is InChI=1S/C16H18FNO2/c1-11(19)12-4-7-16(15(17)9-12)18(13-5-6-13)10-14-3-2-8-20-14/h2-4,7-9,11,13,19H,5-6,10H2,1H3/t11-/m0/s1. The van der Waals surface area contributed by atoms with Gasteiger partial charge in [0.15, 0.2) is 0 Å². The van der Waals surface area contributed by atoms with E-state index in [1.165, 1.54) is 6.07 Å². The summed E-state index contributed by atoms with van der Waals surface area (Å²) in [6.07, 6.45) is 3.14. The van der Waals surface area contributed by atoms with Crippen LogP contribution in [0.25, 0.3) is 0 Å². The van der Waals surface area contributed by atoms with Crippen LogP contribution in [0.15, 0.2) is 41.0 Å². The second kappa shape index (κ2) is 5.29. The maximum atomic E-state index is 14.3. The van der Waals surface area contributed by atoms with Crippen LogP contribution >= 0.6 is 0 Å². The zero-order chi connectivity index (χ0) is 14.1. The van der Waals surface area contributed by atoms with E-state index in [0.29, 0.717) is 23.8 Å². The number of hydrogen-bond acceptors (Lipinski definition) is 3. The second-order valence-electron chi connectivity index (χ2n) is 5.33. The van der Waals surface area contributed by atoms with Crippen molar-refractivity contribution in [2.75, 3.05) is 4.90 Å². The topological polar surface area (TPSA) is 36.6 Å². The first kappa shape index (κ1) is 13.2. The zero-order valence-corrected chi connectivity index (χ0v) is 11.4. The van der Waals surface area contributed by atoms with E-state index in [2.05, 4.69) is 0 Å². The molecule has 0 amide bonds. The molecule has 1 heterocycles. The molecule has 3 rings (SSSR count). The number of furan rings is 1. The van der Waals surface area contributed by atoms with Gasteiger partial charge in [0.1, 0.15) is 11.6 Å². The van der Waals surface area contributed by atoms with E-state index in [1.54, 1.807) is 25.3 Å². The molecule has 0 bridgehead atoms. The Morgan fingerprint density at radius 3 is 2.75 bits per heavy atom. The molecular formula is C16H18FNO2. The van der Waals surface area contributed by atoms with Crippen LogP contribution in [0.5, 0.6) is 0 Å². The normalized spacial score (nSPS) is 16.1. The molecular weight excluding hydrogens is 257 g/mol. The third-order valence-corrected chi connectivity index (χ3v) is 3.66. The van der Waals surface area contributed by atoms with E-state index in [0.717, 1.165) is 18.6 Å². The third kappa shape index (κ3) is 2.70. The lowest BCUT2D eigenvalue weighted by Gasteiger charge is -2.24. The lowest BCUT2D eigenvalue weighted by Crippen LogP contribution is -2.25. The van der Waals surface area contributed by atoms with E-state index in [-0.39, 0.29) is 5.82 Å². The van der Waals surface area contributed by atoms with Crippen molar-refractivity contribution in [3.8, 4) is 0 Å². The SMILES string of the molecule is C[C@H](O)c1ccc(N(Cc2ccco2)C2CC2)c(F)c1. The molecule has 1 aliphatic rings. The Hall–Kier alpha value is -1.81. The highest BCUT2D eigenvalue weighted by Gasteiger charge is 2.31. The summed E-state index contributed by atoms with van der Waals surface area (Å²) in [6.45, 7) is 2.21. The number of aliphatic hydroxyl groups is 1. The number of rotatable bonds is 5. The van der Waals surface area contributed by atoms with Gasteiger partial charge in [-0.15, -0.1) is 0 Å². The summed E-state index contributed by atoms with van der Waals surface area (Å²) in [5.41, 5.74) is 1.17. The zero-order valence-electron chi connectivity index (χ0n) is 11.4. The summed E-state index contributed by atoms with van der Waals surface area (Å²) < 4.78 is 19.7. The molecule has 1 aromatic heterocycles. The lowest BCUT2D eigenvalue weighted by atomic mass is 10.1. The summed E-state index contributed by atoms with van der Waals surface area (Å²) in [7, 11) is 0. The van der Waals surface area contributed by atoms with E-state index in [9.17, 15) is 9.50 Å². The van der Waals surface area contributed by atoms with Gasteiger partial charge in [0, 0.05) is 6.04 Å². The molecule has 0 unspecified atom stereocenters. The van der Waals surface area contributed by atoms with Gasteiger partial charge >= 0.3 is 0 Å². The molecule has 4 heteroatoms. The average Bonchev–Trinajstić information content (AvgIpc) is 3.14. The van der Waals surface area contributed by atoms with Crippen molar-refractivity contribution in [1.82, 2.24) is 0 Å². The molecule has 1 atom stereocenters. The molecule has 0 aliphatic heterocycles. The molecule has 1 saturated carbocycles. The summed E-state index contributed by atoms with van der Waals surface area (Å²) in [4.78, 5) is 2.04. The Kier molecular flexibility index (Phi) is 3.49. The molecule has 3 nitrogen and oxygen atoms in total. The Morgan fingerprint density at radius 1 is 1.40 bits per heavy atom. The van der Waals surface area contributed by atoms with Crippen LogP contribution in [-0.2, 0) is 6.54 Å². The fraction of sp³-hybridized carbons (Fsp3) is 0.375. The summed E-state index contributed by atoms with van der Waals surface area (Å²) in [6, 6.07) is 9.06. The number of anilines is 1. The quantitative estimate of drug-likeness (QED) is 0.905. The lowest BCUT2D eigenvalue weighted by molar-refractivity contribution is 0.199. The monoisotopic (exact) mass is 275 g/mol. The van der Waals surface area contributed by atoms with Crippen molar-refractivity contribution in [2.24, 2.45) is 0 Å². The second-order valence-corrected chi connectivity index (χ2v) is 5.33. The molecule has 1 aliphatic carbocycles. The molecule has 2 aromatic rings. The van der Waals surface area contributed by atoms with Gasteiger partial charge in [0.2, 0.25) is 0 Å². The van der Waals surface area contributed by atoms with E-state index in [4.69, 9.17) is 4.42 Å². The Morgan fingerprint density at radius 2 is 2.20 bits per heavy atom. The van der Waals surface area contributed by atoms with Crippen molar-refractivity contribution < 1.29 is 13.9 Å². The largest absolute Gasteiger partial charge is 0.467 e. The smallest absolute Gasteiger partial charge is 0.146 e.